The molecule has 2 rings (SSSR count). The van der Waals surface area contributed by atoms with Crippen molar-refractivity contribution in [2.45, 2.75) is 13.0 Å². The molecule has 2 aromatic heterocycles. The highest BCUT2D eigenvalue weighted by atomic mass is 16.1. The SMILES string of the molecule is NC(=O)c1ccc(NCCCn2cccn2)nn1. The quantitative estimate of drug-likeness (QED) is 0.713. The summed E-state index contributed by atoms with van der Waals surface area (Å²) in [7, 11) is 0. The number of rotatable bonds is 6. The van der Waals surface area contributed by atoms with Crippen molar-refractivity contribution in [3.8, 4) is 0 Å². The summed E-state index contributed by atoms with van der Waals surface area (Å²) < 4.78 is 1.86. The Kier molecular flexibility index (Phi) is 3.85. The second-order valence-corrected chi connectivity index (χ2v) is 3.72. The Labute approximate surface area is 104 Å². The number of aromatic nitrogens is 4. The van der Waals surface area contributed by atoms with E-state index >= 15 is 0 Å². The van der Waals surface area contributed by atoms with Gasteiger partial charge in [-0.05, 0) is 24.6 Å². The van der Waals surface area contributed by atoms with Crippen LogP contribution in [0.3, 0.4) is 0 Å². The van der Waals surface area contributed by atoms with Gasteiger partial charge in [0, 0.05) is 25.5 Å². The predicted octanol–water partition coefficient (Wildman–Crippen LogP) is 0.274. The maximum atomic E-state index is 10.8. The van der Waals surface area contributed by atoms with Crippen LogP contribution in [0.1, 0.15) is 16.9 Å². The van der Waals surface area contributed by atoms with Crippen LogP contribution in [-0.4, -0.2) is 32.4 Å². The highest BCUT2D eigenvalue weighted by molar-refractivity contribution is 5.90. The van der Waals surface area contributed by atoms with Crippen molar-refractivity contribution < 1.29 is 4.79 Å². The Morgan fingerprint density at radius 3 is 2.89 bits per heavy atom. The second kappa shape index (κ2) is 5.76. The van der Waals surface area contributed by atoms with E-state index in [0.717, 1.165) is 19.5 Å². The lowest BCUT2D eigenvalue weighted by molar-refractivity contribution is 0.0994. The van der Waals surface area contributed by atoms with Gasteiger partial charge in [-0.1, -0.05) is 0 Å². The lowest BCUT2D eigenvalue weighted by Crippen LogP contribution is -2.14. The first kappa shape index (κ1) is 12.0. The fourth-order valence-corrected chi connectivity index (χ4v) is 1.45. The molecule has 7 heteroatoms. The molecule has 94 valence electrons. The van der Waals surface area contributed by atoms with Crippen molar-refractivity contribution in [1.82, 2.24) is 20.0 Å². The summed E-state index contributed by atoms with van der Waals surface area (Å²) in [6.07, 6.45) is 4.59. The zero-order chi connectivity index (χ0) is 12.8. The summed E-state index contributed by atoms with van der Waals surface area (Å²) in [5, 5.41) is 14.8. The fraction of sp³-hybridized carbons (Fsp3) is 0.273. The minimum atomic E-state index is -0.576. The van der Waals surface area contributed by atoms with Crippen LogP contribution in [0, 0.1) is 0 Å². The standard InChI is InChI=1S/C11H14N6O/c12-11(18)9-3-4-10(16-15-9)13-5-1-7-17-8-2-6-14-17/h2-4,6,8H,1,5,7H2,(H2,12,18)(H,13,16). The van der Waals surface area contributed by atoms with Gasteiger partial charge in [0.2, 0.25) is 0 Å². The number of nitrogens with zero attached hydrogens (tertiary/aromatic N) is 4. The average molecular weight is 246 g/mol. The maximum absolute atomic E-state index is 10.8. The van der Waals surface area contributed by atoms with E-state index in [1.54, 1.807) is 18.3 Å². The molecule has 0 atom stereocenters. The molecule has 2 heterocycles. The first-order valence-electron chi connectivity index (χ1n) is 5.60. The highest BCUT2D eigenvalue weighted by Gasteiger charge is 2.02. The molecule has 1 amide bonds. The summed E-state index contributed by atoms with van der Waals surface area (Å²) >= 11 is 0. The van der Waals surface area contributed by atoms with E-state index in [9.17, 15) is 4.79 Å². The molecule has 18 heavy (non-hydrogen) atoms. The van der Waals surface area contributed by atoms with Gasteiger partial charge in [0.05, 0.1) is 0 Å². The van der Waals surface area contributed by atoms with E-state index in [1.165, 1.54) is 0 Å². The number of carbonyl (C=O) groups excluding carboxylic acids is 1. The molecule has 0 aliphatic rings. The van der Waals surface area contributed by atoms with Crippen molar-refractivity contribution in [3.63, 3.8) is 0 Å². The van der Waals surface area contributed by atoms with E-state index in [0.29, 0.717) is 5.82 Å². The van der Waals surface area contributed by atoms with Crippen LogP contribution in [-0.2, 0) is 6.54 Å². The maximum Gasteiger partial charge on any atom is 0.269 e. The van der Waals surface area contributed by atoms with Gasteiger partial charge < -0.3 is 11.1 Å². The second-order valence-electron chi connectivity index (χ2n) is 3.72. The number of primary amides is 1. The molecular weight excluding hydrogens is 232 g/mol. The molecule has 2 aromatic rings. The molecular formula is C11H14N6O. The molecule has 7 nitrogen and oxygen atoms in total. The Bertz CT molecular complexity index is 493. The Morgan fingerprint density at radius 1 is 1.39 bits per heavy atom. The molecule has 3 N–H and O–H groups in total. The van der Waals surface area contributed by atoms with Crippen LogP contribution in [0.2, 0.25) is 0 Å². The van der Waals surface area contributed by atoms with Gasteiger partial charge in [-0.25, -0.2) is 0 Å². The van der Waals surface area contributed by atoms with E-state index < -0.39 is 5.91 Å². The first-order chi connectivity index (χ1) is 8.75. The molecule has 0 aromatic carbocycles. The monoisotopic (exact) mass is 246 g/mol. The first-order valence-corrected chi connectivity index (χ1v) is 5.60. The largest absolute Gasteiger partial charge is 0.369 e. The van der Waals surface area contributed by atoms with Gasteiger partial charge in [-0.2, -0.15) is 5.10 Å². The van der Waals surface area contributed by atoms with Crippen molar-refractivity contribution in [3.05, 3.63) is 36.3 Å². The van der Waals surface area contributed by atoms with E-state index in [2.05, 4.69) is 20.6 Å². The Hall–Kier alpha value is -2.44. The molecule has 0 aliphatic heterocycles. The topological polar surface area (TPSA) is 98.7 Å². The molecule has 0 unspecified atom stereocenters. The van der Waals surface area contributed by atoms with Crippen LogP contribution in [0.4, 0.5) is 5.82 Å². The van der Waals surface area contributed by atoms with Crippen molar-refractivity contribution in [2.24, 2.45) is 5.73 Å². The zero-order valence-electron chi connectivity index (χ0n) is 9.78. The third-order valence-corrected chi connectivity index (χ3v) is 2.35. The summed E-state index contributed by atoms with van der Waals surface area (Å²) in [5.74, 6) is 0.0493. The van der Waals surface area contributed by atoms with Crippen molar-refractivity contribution >= 4 is 11.7 Å². The summed E-state index contributed by atoms with van der Waals surface area (Å²) in [6.45, 7) is 1.59. The Balaban J connectivity index is 1.75. The van der Waals surface area contributed by atoms with Gasteiger partial charge in [-0.3, -0.25) is 9.48 Å². The van der Waals surface area contributed by atoms with Gasteiger partial charge in [0.1, 0.15) is 5.82 Å². The van der Waals surface area contributed by atoms with Gasteiger partial charge in [-0.15, -0.1) is 10.2 Å². The summed E-state index contributed by atoms with van der Waals surface area (Å²) in [5.41, 5.74) is 5.23. The van der Waals surface area contributed by atoms with Gasteiger partial charge in [0.25, 0.3) is 5.91 Å². The van der Waals surface area contributed by atoms with Gasteiger partial charge >= 0.3 is 0 Å². The minimum Gasteiger partial charge on any atom is -0.369 e. The number of hydrogen-bond acceptors (Lipinski definition) is 5. The number of amides is 1. The van der Waals surface area contributed by atoms with Gasteiger partial charge in [0.15, 0.2) is 5.69 Å². The van der Waals surface area contributed by atoms with Crippen LogP contribution in [0.15, 0.2) is 30.6 Å². The number of hydrogen-bond donors (Lipinski definition) is 2. The molecule has 0 bridgehead atoms. The minimum absolute atomic E-state index is 0.164. The molecule has 0 radical (unpaired) electrons. The number of anilines is 1. The average Bonchev–Trinajstić information content (AvgIpc) is 2.88. The normalized spacial score (nSPS) is 10.2. The molecule has 0 saturated heterocycles. The summed E-state index contributed by atoms with van der Waals surface area (Å²) in [6, 6.07) is 5.12. The fourth-order valence-electron chi connectivity index (χ4n) is 1.45. The van der Waals surface area contributed by atoms with E-state index in [1.807, 2.05) is 16.9 Å². The Morgan fingerprint density at radius 2 is 2.28 bits per heavy atom. The van der Waals surface area contributed by atoms with Crippen LogP contribution < -0.4 is 11.1 Å². The number of nitrogens with two attached hydrogens (primary N) is 1. The smallest absolute Gasteiger partial charge is 0.269 e. The van der Waals surface area contributed by atoms with Crippen LogP contribution >= 0.6 is 0 Å². The number of aryl methyl sites for hydroxylation is 1. The third-order valence-electron chi connectivity index (χ3n) is 2.35. The molecule has 0 fully saturated rings. The summed E-state index contributed by atoms with van der Waals surface area (Å²) in [4.78, 5) is 10.8. The van der Waals surface area contributed by atoms with Crippen molar-refractivity contribution in [2.75, 3.05) is 11.9 Å². The van der Waals surface area contributed by atoms with E-state index in [-0.39, 0.29) is 5.69 Å². The molecule has 0 aliphatic carbocycles. The zero-order valence-corrected chi connectivity index (χ0v) is 9.78. The van der Waals surface area contributed by atoms with E-state index in [4.69, 9.17) is 5.73 Å². The van der Waals surface area contributed by atoms with Crippen LogP contribution in [0.5, 0.6) is 0 Å². The van der Waals surface area contributed by atoms with Crippen LogP contribution in [0.25, 0.3) is 0 Å². The molecule has 0 spiro atoms. The number of nitrogens with one attached hydrogen (secondary N) is 1. The van der Waals surface area contributed by atoms with Crippen molar-refractivity contribution in [1.29, 1.82) is 0 Å². The highest BCUT2D eigenvalue weighted by Crippen LogP contribution is 2.01. The predicted molar refractivity (Wildman–Crippen MR) is 65.9 cm³/mol. The lowest BCUT2D eigenvalue weighted by Gasteiger charge is -2.05. The number of carbonyl (C=O) groups is 1. The molecule has 0 saturated carbocycles. The third kappa shape index (κ3) is 3.27. The lowest BCUT2D eigenvalue weighted by atomic mass is 10.3.